The minimum Gasteiger partial charge on any atom is -0.495 e. The van der Waals surface area contributed by atoms with Gasteiger partial charge in [-0.15, -0.1) is 0 Å². The van der Waals surface area contributed by atoms with E-state index in [4.69, 9.17) is 41.0 Å². The maximum atomic E-state index is 15.1. The quantitative estimate of drug-likeness (QED) is 0.0338. The van der Waals surface area contributed by atoms with E-state index in [9.17, 15) is 53.1 Å². The van der Waals surface area contributed by atoms with Crippen molar-refractivity contribution in [3.8, 4) is 5.75 Å². The van der Waals surface area contributed by atoms with Crippen LogP contribution in [0, 0.1) is 11.8 Å². The Kier molecular flexibility index (Phi) is 23.8. The van der Waals surface area contributed by atoms with Crippen LogP contribution in [0.4, 0.5) is 34.1 Å². The van der Waals surface area contributed by atoms with Crippen molar-refractivity contribution in [2.45, 2.75) is 159 Å². The number of anilines is 2. The van der Waals surface area contributed by atoms with Crippen LogP contribution >= 0.6 is 11.6 Å². The topological polar surface area (TPSA) is 336 Å². The first kappa shape index (κ1) is 71.0. The van der Waals surface area contributed by atoms with Crippen LogP contribution in [0.1, 0.15) is 114 Å². The molecular weight excluding hydrogens is 1210 g/mol. The molecule has 0 unspecified atom stereocenters. The number of likely N-dealkylation sites (N-methyl/N-ethyl adjacent to an activating group) is 1. The van der Waals surface area contributed by atoms with Gasteiger partial charge in [0.05, 0.1) is 36.4 Å². The van der Waals surface area contributed by atoms with Gasteiger partial charge in [-0.3, -0.25) is 43.8 Å². The van der Waals surface area contributed by atoms with E-state index in [1.165, 1.54) is 52.2 Å². The Balaban J connectivity index is 1.21. The Morgan fingerprint density at radius 2 is 1.67 bits per heavy atom. The highest BCUT2D eigenvalue weighted by molar-refractivity contribution is 6.35. The Hall–Kier alpha value is -8.08. The zero-order valence-electron chi connectivity index (χ0n) is 51.7. The lowest BCUT2D eigenvalue weighted by molar-refractivity contribution is -0.158. The number of imide groups is 1. The number of hydrogen-bond acceptors (Lipinski definition) is 16. The first-order valence-corrected chi connectivity index (χ1v) is 29.7. The zero-order chi connectivity index (χ0) is 66.7. The largest absolute Gasteiger partial charge is 0.495 e. The highest BCUT2D eigenvalue weighted by Crippen LogP contribution is 2.49. The van der Waals surface area contributed by atoms with E-state index in [0.29, 0.717) is 42.2 Å². The molecule has 90 heavy (non-hydrogen) atoms. The number of nitrogens with two attached hydrogens (primary N) is 1. The molecular formula is C61H79ClF3N9O16. The molecule has 8 N–H and O–H groups in total. The number of urea groups is 1. The molecule has 0 saturated carbocycles. The van der Waals surface area contributed by atoms with Crippen molar-refractivity contribution in [1.29, 1.82) is 0 Å². The molecule has 0 radical (unpaired) electrons. The molecule has 25 nitrogen and oxygen atoms in total. The second kappa shape index (κ2) is 30.2. The molecule has 10 amide bonds. The number of ether oxygens (including phenoxy) is 5. The van der Waals surface area contributed by atoms with Gasteiger partial charge in [0.1, 0.15) is 52.8 Å². The lowest BCUT2D eigenvalue weighted by atomic mass is 9.83. The molecule has 6 rings (SSSR count). The van der Waals surface area contributed by atoms with Crippen molar-refractivity contribution in [2.24, 2.45) is 17.6 Å². The van der Waals surface area contributed by atoms with Gasteiger partial charge in [0, 0.05) is 70.9 Å². The summed E-state index contributed by atoms with van der Waals surface area (Å²) in [7, 11) is 5.25. The van der Waals surface area contributed by atoms with Crippen LogP contribution in [0.15, 0.2) is 66.3 Å². The van der Waals surface area contributed by atoms with E-state index >= 15 is 13.2 Å². The van der Waals surface area contributed by atoms with Crippen molar-refractivity contribution in [1.82, 2.24) is 31.1 Å². The molecule has 0 aromatic heterocycles. The number of methoxy groups -OCH3 is 2. The number of fused-ring (bicyclic) bond motifs is 5. The number of hydrogen-bond donors (Lipinski definition) is 7. The number of nitrogens with zero attached hydrogens (tertiary/aromatic N) is 3. The van der Waals surface area contributed by atoms with E-state index in [0.717, 1.165) is 29.7 Å². The van der Waals surface area contributed by atoms with Gasteiger partial charge in [0.15, 0.2) is 5.72 Å². The standard InChI is InChI=1S/C61H79ClF3N9O16/c1-32(2)51(70-46(75)19-12-11-13-25-74-47(76)22-23-48(74)77)54(80)69-40(17-15-24-67-57(66)83)53(79)68-37-20-21-38(39(29-37)61(63,64)65)55(81)72(7)35(5)56(82)89-45-30-49(78)73(8)41-27-36(28-42(86-9)50(41)62)26-33(3)16-14-18-44(87-10)60(85)31-43(88-58(84)71-60)34(4)52-59(45,6)90-52/h14,16,18,20-23,27-29,32,34-35,40,43-45,51-52,85H,11-13,15,17,19,24-26,30-31H2,1-10H3,(H,68,79)(H,69,80)(H,70,75)(H,71,84)(H3,66,67,83)/b18-14+,33-16+/t34-,35+,40+,43+,44-,45+,51+,52+,59+,60+/m1/s1. The molecule has 10 atom stereocenters. The van der Waals surface area contributed by atoms with Crippen LogP contribution in [-0.2, 0) is 65.1 Å². The summed E-state index contributed by atoms with van der Waals surface area (Å²) in [6, 6.07) is 0.441. The maximum Gasteiger partial charge on any atom is 0.417 e. The Bertz CT molecular complexity index is 3160. The zero-order valence-corrected chi connectivity index (χ0v) is 52.5. The summed E-state index contributed by atoms with van der Waals surface area (Å²) in [4.78, 5) is 135. The average molecular weight is 1290 g/mol. The van der Waals surface area contributed by atoms with Crippen LogP contribution in [-0.4, -0.2) is 170 Å². The number of alkyl carbamates (subject to hydrolysis) is 1. The number of epoxide rings is 1. The molecule has 29 heteroatoms. The Labute approximate surface area is 523 Å². The summed E-state index contributed by atoms with van der Waals surface area (Å²) in [5.41, 5.74) is 0.433. The number of esters is 1. The lowest BCUT2D eigenvalue weighted by Crippen LogP contribution is -2.63. The van der Waals surface area contributed by atoms with Crippen molar-refractivity contribution in [2.75, 3.05) is 51.6 Å². The highest BCUT2D eigenvalue weighted by Gasteiger charge is 2.64. The molecule has 492 valence electrons. The predicted molar refractivity (Wildman–Crippen MR) is 320 cm³/mol. The third kappa shape index (κ3) is 17.7. The normalized spacial score (nSPS) is 24.7. The fourth-order valence-electron chi connectivity index (χ4n) is 10.9. The van der Waals surface area contributed by atoms with Crippen molar-refractivity contribution in [3.63, 3.8) is 0 Å². The Morgan fingerprint density at radius 3 is 2.30 bits per heavy atom. The van der Waals surface area contributed by atoms with Crippen LogP contribution in [0.25, 0.3) is 0 Å². The molecule has 4 heterocycles. The van der Waals surface area contributed by atoms with Gasteiger partial charge in [0.2, 0.25) is 23.6 Å². The van der Waals surface area contributed by atoms with Gasteiger partial charge < -0.3 is 65.6 Å². The first-order valence-electron chi connectivity index (χ1n) is 29.3. The fraction of sp³-hybridized carbons (Fsp3) is 0.541. The number of aliphatic hydroxyl groups is 1. The number of carbonyl (C=O) groups excluding carboxylic acids is 10. The van der Waals surface area contributed by atoms with Gasteiger partial charge in [-0.1, -0.05) is 62.6 Å². The fourth-order valence-corrected chi connectivity index (χ4v) is 11.2. The third-order valence-corrected chi connectivity index (χ3v) is 16.7. The highest BCUT2D eigenvalue weighted by atomic mass is 35.5. The number of carbonyl (C=O) groups is 10. The minimum atomic E-state index is -5.25. The summed E-state index contributed by atoms with van der Waals surface area (Å²) >= 11 is 6.81. The first-order chi connectivity index (χ1) is 42.2. The van der Waals surface area contributed by atoms with Gasteiger partial charge in [-0.2, -0.15) is 13.2 Å². The monoisotopic (exact) mass is 1290 g/mol. The van der Waals surface area contributed by atoms with Crippen LogP contribution in [0.3, 0.4) is 0 Å². The number of unbranched alkanes of at least 4 members (excludes halogenated alkanes) is 2. The van der Waals surface area contributed by atoms with Gasteiger partial charge in [-0.25, -0.2) is 14.4 Å². The number of rotatable bonds is 22. The lowest BCUT2D eigenvalue weighted by Gasteiger charge is -2.42. The number of allylic oxidation sites excluding steroid dienone is 3. The summed E-state index contributed by atoms with van der Waals surface area (Å²) < 4.78 is 74.6. The van der Waals surface area contributed by atoms with E-state index in [1.807, 2.05) is 6.92 Å². The van der Waals surface area contributed by atoms with Crippen LogP contribution in [0.2, 0.25) is 5.02 Å². The minimum absolute atomic E-state index is 0.0284. The third-order valence-electron chi connectivity index (χ3n) is 16.3. The molecule has 2 saturated heterocycles. The number of primary amides is 1. The average Bonchev–Trinajstić information content (AvgIpc) is 1.66. The van der Waals surface area contributed by atoms with Gasteiger partial charge in [-0.05, 0) is 94.7 Å². The van der Waals surface area contributed by atoms with Crippen LogP contribution < -0.4 is 42.0 Å². The van der Waals surface area contributed by atoms with E-state index in [1.54, 1.807) is 51.1 Å². The molecule has 2 fully saturated rings. The van der Waals surface area contributed by atoms with Crippen LogP contribution in [0.5, 0.6) is 5.75 Å². The second-order valence-electron chi connectivity index (χ2n) is 23.3. The summed E-state index contributed by atoms with van der Waals surface area (Å²) in [5, 5.41) is 24.3. The molecule has 4 aliphatic rings. The van der Waals surface area contributed by atoms with Crippen molar-refractivity contribution < 1.29 is 89.9 Å². The summed E-state index contributed by atoms with van der Waals surface area (Å²) in [5.74, 6) is -7.41. The van der Waals surface area contributed by atoms with Crippen molar-refractivity contribution >= 4 is 82.4 Å². The molecule has 2 aromatic rings. The summed E-state index contributed by atoms with van der Waals surface area (Å²) in [6.07, 6.45) is -2.86. The Morgan fingerprint density at radius 1 is 0.978 bits per heavy atom. The molecule has 2 aromatic carbocycles. The van der Waals surface area contributed by atoms with E-state index < -0.39 is 155 Å². The number of amides is 10. The second-order valence-corrected chi connectivity index (χ2v) is 23.7. The molecule has 0 aliphatic carbocycles. The van der Waals surface area contributed by atoms with Gasteiger partial charge >= 0.3 is 24.3 Å². The van der Waals surface area contributed by atoms with E-state index in [2.05, 4.69) is 26.6 Å². The summed E-state index contributed by atoms with van der Waals surface area (Å²) in [6.45, 7) is 9.59. The number of halogens is 4. The number of alkyl halides is 3. The maximum absolute atomic E-state index is 15.1. The molecule has 0 spiro atoms. The smallest absolute Gasteiger partial charge is 0.417 e. The molecule has 4 aliphatic heterocycles. The van der Waals surface area contributed by atoms with Gasteiger partial charge in [0.25, 0.3) is 17.7 Å². The van der Waals surface area contributed by atoms with Crippen molar-refractivity contribution in [3.05, 3.63) is 88.0 Å². The SMILES string of the molecule is COc1cc2cc(c1Cl)N(C)C(=O)C[C@H](OC(=O)[C@H](C)N(C)C(=O)c1ccc(NC(=O)[C@H](CCCNC(N)=O)NC(=O)[C@@H](NC(=O)CCCCCN3C(=O)C=CC3=O)C(C)C)cc1C(F)(F)F)[C@]1(C)O[C@H]1[C@H](C)[C@@H]1C[C@@](O)(NC(=O)O1)[C@H](OC)/C=C/C=C(\C)C2. The number of benzene rings is 2. The molecule has 4 bridgehead atoms. The van der Waals surface area contributed by atoms with E-state index in [-0.39, 0.29) is 55.2 Å². The predicted octanol–water partition coefficient (Wildman–Crippen LogP) is 5.35. The number of nitrogens with one attached hydrogen (secondary N) is 5.